The van der Waals surface area contributed by atoms with E-state index in [0.29, 0.717) is 25.2 Å². The van der Waals surface area contributed by atoms with Crippen molar-refractivity contribution in [1.29, 1.82) is 0 Å². The van der Waals surface area contributed by atoms with E-state index in [1.165, 1.54) is 0 Å². The molecule has 2 fully saturated rings. The molecule has 0 spiro atoms. The Bertz CT molecular complexity index is 626. The van der Waals surface area contributed by atoms with Crippen LogP contribution in [0.5, 0.6) is 0 Å². The number of nitrogens with zero attached hydrogens (tertiary/aromatic N) is 1. The first-order valence-electron chi connectivity index (χ1n) is 7.92. The van der Waals surface area contributed by atoms with Crippen LogP contribution in [0.1, 0.15) is 32.1 Å². The van der Waals surface area contributed by atoms with Gasteiger partial charge in [0.1, 0.15) is 0 Å². The zero-order chi connectivity index (χ0) is 15.6. The molecule has 0 radical (unpaired) electrons. The lowest BCUT2D eigenvalue weighted by molar-refractivity contribution is -0.138. The summed E-state index contributed by atoms with van der Waals surface area (Å²) in [6.07, 6.45) is 4.38. The number of likely N-dealkylation sites (tertiary alicyclic amines) is 1. The lowest BCUT2D eigenvalue weighted by Crippen LogP contribution is -2.49. The standard InChI is InChI=1S/C16H22N2O3S/c19-16(13-6-4-7-13)18-11-5-10-15(12-18)22(20,21)17-14-8-2-1-3-9-14/h1-3,8-9,13,15,17H,4-7,10-12H2/t15-/m1/s1. The molecule has 120 valence electrons. The van der Waals surface area contributed by atoms with E-state index in [2.05, 4.69) is 4.72 Å². The van der Waals surface area contributed by atoms with Crippen molar-refractivity contribution in [2.75, 3.05) is 17.8 Å². The van der Waals surface area contributed by atoms with Crippen molar-refractivity contribution in [3.8, 4) is 0 Å². The third-order valence-electron chi connectivity index (χ3n) is 4.62. The molecule has 2 aliphatic rings. The number of hydrogen-bond donors (Lipinski definition) is 1. The number of amides is 1. The largest absolute Gasteiger partial charge is 0.341 e. The van der Waals surface area contributed by atoms with Gasteiger partial charge in [0.05, 0.1) is 5.25 Å². The van der Waals surface area contributed by atoms with Crippen LogP contribution >= 0.6 is 0 Å². The quantitative estimate of drug-likeness (QED) is 0.924. The molecule has 1 N–H and O–H groups in total. The summed E-state index contributed by atoms with van der Waals surface area (Å²) in [5, 5.41) is -0.523. The van der Waals surface area contributed by atoms with E-state index >= 15 is 0 Å². The number of piperidine rings is 1. The highest BCUT2D eigenvalue weighted by atomic mass is 32.2. The molecule has 1 aliphatic heterocycles. The van der Waals surface area contributed by atoms with E-state index in [9.17, 15) is 13.2 Å². The van der Waals surface area contributed by atoms with Gasteiger partial charge in [-0.15, -0.1) is 0 Å². The number of benzene rings is 1. The molecule has 0 aromatic heterocycles. The molecule has 1 aliphatic carbocycles. The Morgan fingerprint density at radius 2 is 1.82 bits per heavy atom. The number of para-hydroxylation sites is 1. The minimum absolute atomic E-state index is 0.128. The Morgan fingerprint density at radius 3 is 2.45 bits per heavy atom. The van der Waals surface area contributed by atoms with E-state index in [1.807, 2.05) is 6.07 Å². The highest BCUT2D eigenvalue weighted by Crippen LogP contribution is 2.30. The summed E-state index contributed by atoms with van der Waals surface area (Å²) in [6, 6.07) is 8.91. The second-order valence-electron chi connectivity index (χ2n) is 6.19. The maximum absolute atomic E-state index is 12.5. The van der Waals surface area contributed by atoms with E-state index in [-0.39, 0.29) is 11.8 Å². The van der Waals surface area contributed by atoms with Crippen LogP contribution in [0.4, 0.5) is 5.69 Å². The van der Waals surface area contributed by atoms with E-state index in [4.69, 9.17) is 0 Å². The Kier molecular flexibility index (Phi) is 4.38. The molecule has 1 aromatic rings. The van der Waals surface area contributed by atoms with Crippen molar-refractivity contribution >= 4 is 21.6 Å². The van der Waals surface area contributed by atoms with Crippen LogP contribution in [0.3, 0.4) is 0 Å². The van der Waals surface area contributed by atoms with E-state index in [0.717, 1.165) is 25.7 Å². The fourth-order valence-electron chi connectivity index (χ4n) is 3.06. The average Bonchev–Trinajstić information content (AvgIpc) is 2.46. The molecule has 1 heterocycles. The molecule has 5 nitrogen and oxygen atoms in total. The molecule has 1 aromatic carbocycles. The van der Waals surface area contributed by atoms with Gasteiger partial charge in [-0.2, -0.15) is 0 Å². The predicted molar refractivity (Wildman–Crippen MR) is 85.9 cm³/mol. The van der Waals surface area contributed by atoms with Gasteiger partial charge in [0.15, 0.2) is 0 Å². The summed E-state index contributed by atoms with van der Waals surface area (Å²) in [5.41, 5.74) is 0.574. The minimum Gasteiger partial charge on any atom is -0.341 e. The molecule has 3 rings (SSSR count). The van der Waals surface area contributed by atoms with Gasteiger partial charge in [-0.1, -0.05) is 24.6 Å². The molecule has 1 amide bonds. The van der Waals surface area contributed by atoms with Gasteiger partial charge in [-0.3, -0.25) is 9.52 Å². The maximum atomic E-state index is 12.5. The summed E-state index contributed by atoms with van der Waals surface area (Å²) in [6.45, 7) is 1.00. The van der Waals surface area contributed by atoms with Gasteiger partial charge in [-0.25, -0.2) is 8.42 Å². The SMILES string of the molecule is O=C(C1CCC1)N1CCC[C@@H](S(=O)(=O)Nc2ccccc2)C1. The Balaban J connectivity index is 1.66. The normalized spacial score (nSPS) is 22.9. The van der Waals surface area contributed by atoms with Crippen molar-refractivity contribution in [2.45, 2.75) is 37.4 Å². The highest BCUT2D eigenvalue weighted by molar-refractivity contribution is 7.93. The van der Waals surface area contributed by atoms with Crippen molar-refractivity contribution in [3.63, 3.8) is 0 Å². The van der Waals surface area contributed by atoms with Crippen LogP contribution in [0.15, 0.2) is 30.3 Å². The Morgan fingerprint density at radius 1 is 1.09 bits per heavy atom. The van der Waals surface area contributed by atoms with Crippen molar-refractivity contribution < 1.29 is 13.2 Å². The van der Waals surface area contributed by atoms with Gasteiger partial charge in [0, 0.05) is 24.7 Å². The van der Waals surface area contributed by atoms with Gasteiger partial charge in [0.25, 0.3) is 0 Å². The zero-order valence-electron chi connectivity index (χ0n) is 12.6. The predicted octanol–water partition coefficient (Wildman–Crippen LogP) is 2.22. The van der Waals surface area contributed by atoms with Crippen LogP contribution in [0.25, 0.3) is 0 Å². The van der Waals surface area contributed by atoms with E-state index in [1.54, 1.807) is 29.2 Å². The summed E-state index contributed by atoms with van der Waals surface area (Å²) < 4.78 is 27.7. The van der Waals surface area contributed by atoms with Gasteiger partial charge in [-0.05, 0) is 37.8 Å². The molecule has 1 atom stereocenters. The number of rotatable bonds is 4. The molecule has 1 saturated carbocycles. The first kappa shape index (κ1) is 15.3. The highest BCUT2D eigenvalue weighted by Gasteiger charge is 2.36. The maximum Gasteiger partial charge on any atom is 0.237 e. The molecule has 1 saturated heterocycles. The fraction of sp³-hybridized carbons (Fsp3) is 0.562. The summed E-state index contributed by atoms with van der Waals surface area (Å²) in [7, 11) is -3.46. The number of carbonyl (C=O) groups is 1. The third kappa shape index (κ3) is 3.27. The lowest BCUT2D eigenvalue weighted by Gasteiger charge is -2.37. The van der Waals surface area contributed by atoms with Crippen molar-refractivity contribution in [3.05, 3.63) is 30.3 Å². The van der Waals surface area contributed by atoms with Gasteiger partial charge >= 0.3 is 0 Å². The third-order valence-corrected chi connectivity index (χ3v) is 6.40. The molecule has 0 unspecified atom stereocenters. The van der Waals surface area contributed by atoms with Crippen LogP contribution in [-0.2, 0) is 14.8 Å². The number of nitrogens with one attached hydrogen (secondary N) is 1. The summed E-state index contributed by atoms with van der Waals surface area (Å²) in [5.74, 6) is 0.273. The number of anilines is 1. The summed E-state index contributed by atoms with van der Waals surface area (Å²) >= 11 is 0. The molecule has 22 heavy (non-hydrogen) atoms. The monoisotopic (exact) mass is 322 g/mol. The number of sulfonamides is 1. The summed E-state index contributed by atoms with van der Waals surface area (Å²) in [4.78, 5) is 14.1. The van der Waals surface area contributed by atoms with Crippen LogP contribution in [0.2, 0.25) is 0 Å². The average molecular weight is 322 g/mol. The van der Waals surface area contributed by atoms with Crippen LogP contribution in [-0.4, -0.2) is 37.6 Å². The second-order valence-corrected chi connectivity index (χ2v) is 8.15. The Hall–Kier alpha value is -1.56. The smallest absolute Gasteiger partial charge is 0.237 e. The number of hydrogen-bond acceptors (Lipinski definition) is 3. The minimum atomic E-state index is -3.46. The van der Waals surface area contributed by atoms with Crippen molar-refractivity contribution in [1.82, 2.24) is 4.90 Å². The first-order chi connectivity index (χ1) is 10.6. The fourth-order valence-corrected chi connectivity index (χ4v) is 4.54. The topological polar surface area (TPSA) is 66.5 Å². The van der Waals surface area contributed by atoms with E-state index < -0.39 is 15.3 Å². The molecule has 0 bridgehead atoms. The van der Waals surface area contributed by atoms with Crippen molar-refractivity contribution in [2.24, 2.45) is 5.92 Å². The van der Waals surface area contributed by atoms with Crippen LogP contribution in [0, 0.1) is 5.92 Å². The molecular weight excluding hydrogens is 300 g/mol. The first-order valence-corrected chi connectivity index (χ1v) is 9.46. The van der Waals surface area contributed by atoms with Gasteiger partial charge < -0.3 is 4.90 Å². The molecule has 6 heteroatoms. The zero-order valence-corrected chi connectivity index (χ0v) is 13.4. The lowest BCUT2D eigenvalue weighted by atomic mass is 9.84. The second kappa shape index (κ2) is 6.28. The number of carbonyl (C=O) groups excluding carboxylic acids is 1. The van der Waals surface area contributed by atoms with Crippen LogP contribution < -0.4 is 4.72 Å². The van der Waals surface area contributed by atoms with Gasteiger partial charge in [0.2, 0.25) is 15.9 Å². The molecular formula is C16H22N2O3S. The Labute approximate surface area is 131 Å².